The van der Waals surface area contributed by atoms with E-state index in [9.17, 15) is 4.79 Å². The molecule has 98 valence electrons. The van der Waals surface area contributed by atoms with Crippen molar-refractivity contribution in [3.05, 3.63) is 94.4 Å². The molecule has 0 unspecified atom stereocenters. The Morgan fingerprint density at radius 3 is 2.20 bits per heavy atom. The number of hydrogen-bond acceptors (Lipinski definition) is 2. The predicted molar refractivity (Wildman–Crippen MR) is 79.1 cm³/mol. The summed E-state index contributed by atoms with van der Waals surface area (Å²) in [6, 6.07) is 21.2. The first-order valence-corrected chi connectivity index (χ1v) is 6.51. The van der Waals surface area contributed by atoms with Crippen LogP contribution in [0.3, 0.4) is 0 Å². The molecule has 0 amide bonds. The molecular formula is C17H14N2O. The van der Waals surface area contributed by atoms with E-state index in [2.05, 4.69) is 5.10 Å². The lowest BCUT2D eigenvalue weighted by atomic mass is 10.1. The van der Waals surface area contributed by atoms with Gasteiger partial charge in [0, 0.05) is 18.7 Å². The summed E-state index contributed by atoms with van der Waals surface area (Å²) in [4.78, 5) is 11.9. The third-order valence-electron chi connectivity index (χ3n) is 3.12. The van der Waals surface area contributed by atoms with Crippen molar-refractivity contribution in [3.63, 3.8) is 0 Å². The molecule has 0 fully saturated rings. The molecule has 3 rings (SSSR count). The SMILES string of the molecule is O=c1ccn(-c2ccccc2)nc1Cc1ccccc1. The Bertz CT molecular complexity index is 749. The minimum absolute atomic E-state index is 0.0268. The van der Waals surface area contributed by atoms with Crippen LogP contribution in [-0.4, -0.2) is 9.78 Å². The van der Waals surface area contributed by atoms with Crippen LogP contribution in [0.4, 0.5) is 0 Å². The van der Waals surface area contributed by atoms with Crippen LogP contribution in [0.1, 0.15) is 11.3 Å². The van der Waals surface area contributed by atoms with Crippen LogP contribution in [0.15, 0.2) is 77.7 Å². The van der Waals surface area contributed by atoms with Crippen molar-refractivity contribution in [1.29, 1.82) is 0 Å². The molecule has 3 heteroatoms. The molecule has 3 nitrogen and oxygen atoms in total. The predicted octanol–water partition coefficient (Wildman–Crippen LogP) is 2.82. The van der Waals surface area contributed by atoms with Crippen molar-refractivity contribution in [1.82, 2.24) is 9.78 Å². The highest BCUT2D eigenvalue weighted by atomic mass is 16.1. The van der Waals surface area contributed by atoms with Gasteiger partial charge in [-0.1, -0.05) is 48.5 Å². The van der Waals surface area contributed by atoms with Crippen molar-refractivity contribution in [2.24, 2.45) is 0 Å². The van der Waals surface area contributed by atoms with Crippen molar-refractivity contribution >= 4 is 0 Å². The van der Waals surface area contributed by atoms with Crippen LogP contribution < -0.4 is 5.43 Å². The summed E-state index contributed by atoms with van der Waals surface area (Å²) in [5.74, 6) is 0. The Labute approximate surface area is 117 Å². The summed E-state index contributed by atoms with van der Waals surface area (Å²) in [7, 11) is 0. The Kier molecular flexibility index (Phi) is 3.42. The fourth-order valence-corrected chi connectivity index (χ4v) is 2.08. The van der Waals surface area contributed by atoms with Gasteiger partial charge in [-0.15, -0.1) is 0 Å². The molecule has 0 radical (unpaired) electrons. The topological polar surface area (TPSA) is 34.9 Å². The van der Waals surface area contributed by atoms with Gasteiger partial charge in [-0.25, -0.2) is 4.68 Å². The summed E-state index contributed by atoms with van der Waals surface area (Å²) in [6.07, 6.45) is 2.25. The van der Waals surface area contributed by atoms with Crippen LogP contribution in [-0.2, 0) is 6.42 Å². The molecular weight excluding hydrogens is 248 g/mol. The van der Waals surface area contributed by atoms with Crippen molar-refractivity contribution in [2.75, 3.05) is 0 Å². The molecule has 0 bridgehead atoms. The third-order valence-corrected chi connectivity index (χ3v) is 3.12. The summed E-state index contributed by atoms with van der Waals surface area (Å²) < 4.78 is 1.74. The number of para-hydroxylation sites is 1. The van der Waals surface area contributed by atoms with E-state index in [1.807, 2.05) is 60.7 Å². The van der Waals surface area contributed by atoms with E-state index in [0.29, 0.717) is 12.1 Å². The fourth-order valence-electron chi connectivity index (χ4n) is 2.08. The number of benzene rings is 2. The second-order valence-corrected chi connectivity index (χ2v) is 4.57. The van der Waals surface area contributed by atoms with Gasteiger partial charge < -0.3 is 0 Å². The molecule has 0 aliphatic heterocycles. The zero-order valence-electron chi connectivity index (χ0n) is 10.9. The van der Waals surface area contributed by atoms with Gasteiger partial charge in [-0.2, -0.15) is 5.10 Å². The molecule has 0 aliphatic carbocycles. The van der Waals surface area contributed by atoms with Crippen molar-refractivity contribution in [3.8, 4) is 5.69 Å². The first-order chi connectivity index (χ1) is 9.83. The molecule has 0 atom stereocenters. The van der Waals surface area contributed by atoms with Gasteiger partial charge in [0.1, 0.15) is 5.69 Å². The van der Waals surface area contributed by atoms with E-state index in [-0.39, 0.29) is 5.43 Å². The Hall–Kier alpha value is -2.68. The lowest BCUT2D eigenvalue weighted by Gasteiger charge is -2.07. The van der Waals surface area contributed by atoms with Gasteiger partial charge in [0.05, 0.1) is 5.69 Å². The zero-order valence-corrected chi connectivity index (χ0v) is 10.9. The minimum Gasteiger partial charge on any atom is -0.288 e. The number of aromatic nitrogens is 2. The molecule has 0 N–H and O–H groups in total. The van der Waals surface area contributed by atoms with Gasteiger partial charge >= 0.3 is 0 Å². The van der Waals surface area contributed by atoms with Crippen LogP contribution in [0.2, 0.25) is 0 Å². The van der Waals surface area contributed by atoms with E-state index in [0.717, 1.165) is 11.3 Å². The Morgan fingerprint density at radius 1 is 0.850 bits per heavy atom. The standard InChI is InChI=1S/C17H14N2O/c20-17-11-12-19(15-9-5-2-6-10-15)18-16(17)13-14-7-3-1-4-8-14/h1-12H,13H2. The van der Waals surface area contributed by atoms with E-state index in [1.54, 1.807) is 16.9 Å². The summed E-state index contributed by atoms with van der Waals surface area (Å²) in [5.41, 5.74) is 2.56. The molecule has 1 heterocycles. The van der Waals surface area contributed by atoms with Crippen LogP contribution in [0.5, 0.6) is 0 Å². The summed E-state index contributed by atoms with van der Waals surface area (Å²) in [6.45, 7) is 0. The monoisotopic (exact) mass is 262 g/mol. The zero-order chi connectivity index (χ0) is 13.8. The van der Waals surface area contributed by atoms with Crippen molar-refractivity contribution < 1.29 is 0 Å². The van der Waals surface area contributed by atoms with Crippen LogP contribution >= 0.6 is 0 Å². The molecule has 1 aromatic heterocycles. The van der Waals surface area contributed by atoms with Crippen LogP contribution in [0, 0.1) is 0 Å². The van der Waals surface area contributed by atoms with Gasteiger partial charge in [-0.3, -0.25) is 4.79 Å². The van der Waals surface area contributed by atoms with E-state index < -0.39 is 0 Å². The summed E-state index contributed by atoms with van der Waals surface area (Å²) in [5, 5.41) is 4.44. The molecule has 0 aliphatic rings. The Morgan fingerprint density at radius 2 is 1.50 bits per heavy atom. The van der Waals surface area contributed by atoms with Gasteiger partial charge in [0.25, 0.3) is 0 Å². The molecule has 0 saturated heterocycles. The summed E-state index contributed by atoms with van der Waals surface area (Å²) >= 11 is 0. The first kappa shape index (κ1) is 12.4. The normalized spacial score (nSPS) is 10.4. The number of hydrogen-bond donors (Lipinski definition) is 0. The first-order valence-electron chi connectivity index (χ1n) is 6.51. The number of nitrogens with zero attached hydrogens (tertiary/aromatic N) is 2. The second kappa shape index (κ2) is 5.53. The largest absolute Gasteiger partial charge is 0.288 e. The molecule has 0 spiro atoms. The van der Waals surface area contributed by atoms with E-state index in [1.165, 1.54) is 0 Å². The lowest BCUT2D eigenvalue weighted by Crippen LogP contribution is -2.16. The maximum atomic E-state index is 11.9. The fraction of sp³-hybridized carbons (Fsp3) is 0.0588. The smallest absolute Gasteiger partial charge is 0.203 e. The molecule has 0 saturated carbocycles. The third kappa shape index (κ3) is 2.67. The quantitative estimate of drug-likeness (QED) is 0.727. The van der Waals surface area contributed by atoms with Gasteiger partial charge in [0.15, 0.2) is 0 Å². The second-order valence-electron chi connectivity index (χ2n) is 4.57. The molecule has 2 aromatic carbocycles. The van der Waals surface area contributed by atoms with E-state index in [4.69, 9.17) is 0 Å². The highest BCUT2D eigenvalue weighted by Crippen LogP contribution is 2.07. The average Bonchev–Trinajstić information content (AvgIpc) is 2.51. The Balaban J connectivity index is 1.98. The van der Waals surface area contributed by atoms with Gasteiger partial charge in [-0.05, 0) is 17.7 Å². The van der Waals surface area contributed by atoms with E-state index >= 15 is 0 Å². The number of rotatable bonds is 3. The average molecular weight is 262 g/mol. The highest BCUT2D eigenvalue weighted by Gasteiger charge is 2.04. The van der Waals surface area contributed by atoms with Crippen molar-refractivity contribution in [2.45, 2.75) is 6.42 Å². The maximum absolute atomic E-state index is 11.9. The maximum Gasteiger partial charge on any atom is 0.203 e. The van der Waals surface area contributed by atoms with Crippen LogP contribution in [0.25, 0.3) is 5.69 Å². The highest BCUT2D eigenvalue weighted by molar-refractivity contribution is 5.30. The minimum atomic E-state index is -0.0268. The van der Waals surface area contributed by atoms with Gasteiger partial charge in [0.2, 0.25) is 5.43 Å². The molecule has 3 aromatic rings. The molecule has 20 heavy (non-hydrogen) atoms. The lowest BCUT2D eigenvalue weighted by molar-refractivity contribution is 0.792.